The number of benzene rings is 1. The fraction of sp³-hybridized carbons (Fsp3) is 0.333. The molecule has 1 aromatic rings. The Balaban J connectivity index is 2.78. The molecule has 0 aliphatic heterocycles. The number of anilines is 1. The molecule has 0 radical (unpaired) electrons. The van der Waals surface area contributed by atoms with Crippen LogP contribution in [0.25, 0.3) is 0 Å². The maximum atomic E-state index is 11.4. The van der Waals surface area contributed by atoms with E-state index >= 15 is 0 Å². The van der Waals surface area contributed by atoms with Crippen molar-refractivity contribution in [2.75, 3.05) is 18.4 Å². The Hall–Kier alpha value is -2.62. The zero-order valence-corrected chi connectivity index (χ0v) is 10.5. The van der Waals surface area contributed by atoms with Gasteiger partial charge >= 0.3 is 0 Å². The number of hydrogen-bond acceptors (Lipinski definition) is 5. The normalized spacial score (nSPS) is 9.47. The summed E-state index contributed by atoms with van der Waals surface area (Å²) < 4.78 is 0. The Morgan fingerprint density at radius 2 is 2.26 bits per heavy atom. The van der Waals surface area contributed by atoms with Gasteiger partial charge in [-0.2, -0.15) is 5.26 Å². The van der Waals surface area contributed by atoms with Gasteiger partial charge < -0.3 is 10.6 Å². The molecule has 0 heterocycles. The molecule has 0 saturated carbocycles. The van der Waals surface area contributed by atoms with Crippen molar-refractivity contribution in [1.29, 1.82) is 5.26 Å². The average molecular weight is 262 g/mol. The second kappa shape index (κ2) is 6.96. The number of amides is 1. The molecular formula is C12H14N4O3. The standard InChI is InChI=1S/C12H14N4O3/c1-2-5-14-12(17)8-15-10-6-9(7-13)3-4-11(10)16(18)19/h3-4,6,15H,2,5,8H2,1H3,(H,14,17). The number of nitrogens with one attached hydrogen (secondary N) is 2. The van der Waals surface area contributed by atoms with E-state index < -0.39 is 4.92 Å². The molecule has 0 aromatic heterocycles. The first-order chi connectivity index (χ1) is 9.08. The van der Waals surface area contributed by atoms with Gasteiger partial charge in [-0.1, -0.05) is 6.92 Å². The second-order valence-electron chi connectivity index (χ2n) is 3.80. The SMILES string of the molecule is CCCNC(=O)CNc1cc(C#N)ccc1[N+](=O)[O-]. The zero-order chi connectivity index (χ0) is 14.3. The van der Waals surface area contributed by atoms with Gasteiger partial charge in [0.2, 0.25) is 5.91 Å². The molecular weight excluding hydrogens is 248 g/mol. The van der Waals surface area contributed by atoms with Crippen LogP contribution in [-0.2, 0) is 4.79 Å². The average Bonchev–Trinajstić information content (AvgIpc) is 2.42. The first-order valence-electron chi connectivity index (χ1n) is 5.77. The first-order valence-corrected chi connectivity index (χ1v) is 5.77. The van der Waals surface area contributed by atoms with Crippen LogP contribution < -0.4 is 10.6 Å². The summed E-state index contributed by atoms with van der Waals surface area (Å²) in [6.07, 6.45) is 0.815. The van der Waals surface area contributed by atoms with Crippen LogP contribution in [0.15, 0.2) is 18.2 Å². The lowest BCUT2D eigenvalue weighted by Gasteiger charge is -2.07. The van der Waals surface area contributed by atoms with Gasteiger partial charge in [0.15, 0.2) is 0 Å². The van der Waals surface area contributed by atoms with E-state index in [0.29, 0.717) is 12.1 Å². The molecule has 100 valence electrons. The summed E-state index contributed by atoms with van der Waals surface area (Å²) in [5.74, 6) is -0.251. The molecule has 0 aliphatic carbocycles. The molecule has 1 aromatic carbocycles. The third-order valence-corrected chi connectivity index (χ3v) is 2.33. The largest absolute Gasteiger partial charge is 0.371 e. The number of carbonyl (C=O) groups excluding carboxylic acids is 1. The highest BCUT2D eigenvalue weighted by atomic mass is 16.6. The summed E-state index contributed by atoms with van der Waals surface area (Å²) >= 11 is 0. The number of hydrogen-bond donors (Lipinski definition) is 2. The van der Waals surface area contributed by atoms with Crippen molar-refractivity contribution in [3.05, 3.63) is 33.9 Å². The van der Waals surface area contributed by atoms with Crippen LogP contribution in [0.5, 0.6) is 0 Å². The smallest absolute Gasteiger partial charge is 0.292 e. The van der Waals surface area contributed by atoms with E-state index in [0.717, 1.165) is 6.42 Å². The Labute approximate surface area is 110 Å². The molecule has 0 spiro atoms. The molecule has 0 aliphatic rings. The molecule has 0 atom stereocenters. The van der Waals surface area contributed by atoms with Gasteiger partial charge in [0.25, 0.3) is 5.69 Å². The fourth-order valence-corrected chi connectivity index (χ4v) is 1.41. The van der Waals surface area contributed by atoms with Crippen molar-refractivity contribution in [1.82, 2.24) is 5.32 Å². The number of carbonyl (C=O) groups is 1. The van der Waals surface area contributed by atoms with Crippen molar-refractivity contribution in [3.8, 4) is 6.07 Å². The number of nitro groups is 1. The Kier molecular flexibility index (Phi) is 5.29. The number of nitriles is 1. The molecule has 7 heteroatoms. The Morgan fingerprint density at radius 1 is 1.53 bits per heavy atom. The zero-order valence-electron chi connectivity index (χ0n) is 10.5. The summed E-state index contributed by atoms with van der Waals surface area (Å²) in [4.78, 5) is 21.7. The molecule has 1 amide bonds. The highest BCUT2D eigenvalue weighted by molar-refractivity contribution is 5.81. The number of nitro benzene ring substituents is 1. The van der Waals surface area contributed by atoms with Crippen LogP contribution in [0, 0.1) is 21.4 Å². The molecule has 1 rings (SSSR count). The summed E-state index contributed by atoms with van der Waals surface area (Å²) in [6, 6.07) is 5.85. The van der Waals surface area contributed by atoms with Crippen molar-refractivity contribution < 1.29 is 9.72 Å². The van der Waals surface area contributed by atoms with Crippen LogP contribution in [0.4, 0.5) is 11.4 Å². The molecule has 0 saturated heterocycles. The van der Waals surface area contributed by atoms with Crippen molar-refractivity contribution in [3.63, 3.8) is 0 Å². The first kappa shape index (κ1) is 14.4. The molecule has 0 unspecified atom stereocenters. The van der Waals surface area contributed by atoms with Gasteiger partial charge in [0.05, 0.1) is 23.1 Å². The summed E-state index contributed by atoms with van der Waals surface area (Å²) in [5.41, 5.74) is 0.292. The summed E-state index contributed by atoms with van der Waals surface area (Å²) in [7, 11) is 0. The predicted molar refractivity (Wildman–Crippen MR) is 69.6 cm³/mol. The van der Waals surface area contributed by atoms with Crippen molar-refractivity contribution >= 4 is 17.3 Å². The number of nitrogens with zero attached hydrogens (tertiary/aromatic N) is 2. The quantitative estimate of drug-likeness (QED) is 0.595. The highest BCUT2D eigenvalue weighted by Crippen LogP contribution is 2.24. The minimum atomic E-state index is -0.562. The van der Waals surface area contributed by atoms with Crippen LogP contribution in [0.2, 0.25) is 0 Å². The van der Waals surface area contributed by atoms with Crippen molar-refractivity contribution in [2.24, 2.45) is 0 Å². The van der Waals surface area contributed by atoms with Gasteiger partial charge in [-0.25, -0.2) is 0 Å². The highest BCUT2D eigenvalue weighted by Gasteiger charge is 2.14. The number of rotatable bonds is 6. The summed E-state index contributed by atoms with van der Waals surface area (Å²) in [5, 5.41) is 24.9. The minimum absolute atomic E-state index is 0.0737. The van der Waals surface area contributed by atoms with Gasteiger partial charge in [-0.15, -0.1) is 0 Å². The molecule has 0 bridgehead atoms. The van der Waals surface area contributed by atoms with E-state index in [2.05, 4.69) is 10.6 Å². The van der Waals surface area contributed by atoms with Crippen LogP contribution in [0.3, 0.4) is 0 Å². The fourth-order valence-electron chi connectivity index (χ4n) is 1.41. The molecule has 19 heavy (non-hydrogen) atoms. The van der Waals surface area contributed by atoms with Gasteiger partial charge in [-0.05, 0) is 18.6 Å². The van der Waals surface area contributed by atoms with E-state index in [9.17, 15) is 14.9 Å². The third kappa shape index (κ3) is 4.27. The topological polar surface area (TPSA) is 108 Å². The Bertz CT molecular complexity index is 522. The maximum absolute atomic E-state index is 11.4. The van der Waals surface area contributed by atoms with Gasteiger partial charge in [0, 0.05) is 12.6 Å². The van der Waals surface area contributed by atoms with Gasteiger partial charge in [0.1, 0.15) is 5.69 Å². The molecule has 2 N–H and O–H groups in total. The lowest BCUT2D eigenvalue weighted by Crippen LogP contribution is -2.30. The molecule has 0 fully saturated rings. The maximum Gasteiger partial charge on any atom is 0.292 e. The second-order valence-corrected chi connectivity index (χ2v) is 3.80. The van der Waals surface area contributed by atoms with E-state index in [1.54, 1.807) is 0 Å². The third-order valence-electron chi connectivity index (χ3n) is 2.33. The van der Waals surface area contributed by atoms with E-state index in [1.807, 2.05) is 13.0 Å². The van der Waals surface area contributed by atoms with E-state index in [4.69, 9.17) is 5.26 Å². The minimum Gasteiger partial charge on any atom is -0.371 e. The monoisotopic (exact) mass is 262 g/mol. The van der Waals surface area contributed by atoms with Crippen molar-refractivity contribution in [2.45, 2.75) is 13.3 Å². The van der Waals surface area contributed by atoms with Crippen LogP contribution >= 0.6 is 0 Å². The Morgan fingerprint density at radius 3 is 2.84 bits per heavy atom. The van der Waals surface area contributed by atoms with Gasteiger partial charge in [-0.3, -0.25) is 14.9 Å². The van der Waals surface area contributed by atoms with Crippen LogP contribution in [-0.4, -0.2) is 23.9 Å². The van der Waals surface area contributed by atoms with Crippen LogP contribution in [0.1, 0.15) is 18.9 Å². The summed E-state index contributed by atoms with van der Waals surface area (Å²) in [6.45, 7) is 2.41. The lowest BCUT2D eigenvalue weighted by atomic mass is 10.2. The predicted octanol–water partition coefficient (Wildman–Crippen LogP) is 1.40. The lowest BCUT2D eigenvalue weighted by molar-refractivity contribution is -0.384. The van der Waals surface area contributed by atoms with E-state index in [-0.39, 0.29) is 23.8 Å². The van der Waals surface area contributed by atoms with E-state index in [1.165, 1.54) is 18.2 Å². The molecule has 7 nitrogen and oxygen atoms in total.